The van der Waals surface area contributed by atoms with E-state index in [0.29, 0.717) is 11.6 Å². The minimum atomic E-state index is 0.537. The van der Waals surface area contributed by atoms with Gasteiger partial charge in [-0.15, -0.1) is 0 Å². The van der Waals surface area contributed by atoms with Crippen LogP contribution in [0.15, 0.2) is 41.4 Å². The van der Waals surface area contributed by atoms with Crippen LogP contribution in [-0.4, -0.2) is 33.7 Å². The molecule has 0 unspecified atom stereocenters. The van der Waals surface area contributed by atoms with Gasteiger partial charge in [0.05, 0.1) is 5.69 Å². The molecule has 3 aromatic rings. The van der Waals surface area contributed by atoms with E-state index in [-0.39, 0.29) is 0 Å². The van der Waals surface area contributed by atoms with E-state index in [2.05, 4.69) is 21.2 Å². The Hall–Kier alpha value is -2.44. The van der Waals surface area contributed by atoms with Crippen molar-refractivity contribution in [3.8, 4) is 10.9 Å². The molecule has 0 aliphatic rings. The van der Waals surface area contributed by atoms with Crippen LogP contribution < -0.4 is 4.74 Å². The first kappa shape index (κ1) is 21.3. The van der Waals surface area contributed by atoms with E-state index in [4.69, 9.17) is 21.3 Å². The minimum absolute atomic E-state index is 0.537. The highest BCUT2D eigenvalue weighted by molar-refractivity contribution is 7.07. The standard InChI is InChI=1S/C22H25ClN4OS/c1-6-27(5)16(4)24-19-11-15(3)20(12-14(19)2)28-22-25-21(26-29-22)13-17-7-9-18(23)10-8-17/h7-12H,6,13H2,1-5H3. The minimum Gasteiger partial charge on any atom is -0.430 e. The number of hydrogen-bond acceptors (Lipinski definition) is 5. The molecule has 0 atom stereocenters. The fourth-order valence-electron chi connectivity index (χ4n) is 2.72. The van der Waals surface area contributed by atoms with Crippen molar-refractivity contribution in [1.82, 2.24) is 14.3 Å². The number of rotatable bonds is 6. The van der Waals surface area contributed by atoms with Gasteiger partial charge in [0.15, 0.2) is 5.82 Å². The smallest absolute Gasteiger partial charge is 0.298 e. The molecule has 29 heavy (non-hydrogen) atoms. The van der Waals surface area contributed by atoms with E-state index >= 15 is 0 Å². The number of aromatic nitrogens is 2. The molecule has 1 heterocycles. The largest absolute Gasteiger partial charge is 0.430 e. The molecule has 0 bridgehead atoms. The zero-order valence-electron chi connectivity index (χ0n) is 17.4. The van der Waals surface area contributed by atoms with Crippen LogP contribution in [0.3, 0.4) is 0 Å². The Kier molecular flexibility index (Phi) is 6.87. The average molecular weight is 429 g/mol. The summed E-state index contributed by atoms with van der Waals surface area (Å²) in [6, 6.07) is 11.8. The van der Waals surface area contributed by atoms with Gasteiger partial charge in [-0.1, -0.05) is 23.7 Å². The molecule has 2 aromatic carbocycles. The Morgan fingerprint density at radius 2 is 1.90 bits per heavy atom. The maximum Gasteiger partial charge on any atom is 0.298 e. The normalized spacial score (nSPS) is 11.6. The number of halogens is 1. The molecule has 0 spiro atoms. The Morgan fingerprint density at radius 3 is 2.59 bits per heavy atom. The third-order valence-corrected chi connectivity index (χ3v) is 5.61. The third kappa shape index (κ3) is 5.55. The lowest BCUT2D eigenvalue weighted by atomic mass is 10.1. The van der Waals surface area contributed by atoms with Crippen LogP contribution in [-0.2, 0) is 6.42 Å². The molecule has 0 saturated carbocycles. The van der Waals surface area contributed by atoms with E-state index < -0.39 is 0 Å². The maximum atomic E-state index is 6.02. The van der Waals surface area contributed by atoms with Crippen molar-refractivity contribution in [1.29, 1.82) is 0 Å². The summed E-state index contributed by atoms with van der Waals surface area (Å²) < 4.78 is 10.4. The van der Waals surface area contributed by atoms with Crippen molar-refractivity contribution in [2.24, 2.45) is 4.99 Å². The second kappa shape index (κ2) is 9.37. The molecule has 3 rings (SSSR count). The van der Waals surface area contributed by atoms with Crippen molar-refractivity contribution in [3.05, 3.63) is 63.9 Å². The second-order valence-corrected chi connectivity index (χ2v) is 8.11. The Balaban J connectivity index is 1.74. The number of ether oxygens (including phenoxy) is 1. The van der Waals surface area contributed by atoms with Crippen LogP contribution in [0.2, 0.25) is 5.02 Å². The molecular weight excluding hydrogens is 404 g/mol. The summed E-state index contributed by atoms with van der Waals surface area (Å²) >= 11 is 7.20. The molecule has 0 saturated heterocycles. The number of aryl methyl sites for hydroxylation is 2. The zero-order valence-corrected chi connectivity index (χ0v) is 18.9. The van der Waals surface area contributed by atoms with Crippen LogP contribution in [0, 0.1) is 13.8 Å². The molecule has 1 aromatic heterocycles. The maximum absolute atomic E-state index is 6.02. The quantitative estimate of drug-likeness (QED) is 0.346. The van der Waals surface area contributed by atoms with Crippen LogP contribution >= 0.6 is 23.1 Å². The highest BCUT2D eigenvalue weighted by atomic mass is 35.5. The molecule has 152 valence electrons. The first-order valence-electron chi connectivity index (χ1n) is 9.48. The summed E-state index contributed by atoms with van der Waals surface area (Å²) in [6.45, 7) is 9.10. The number of hydrogen-bond donors (Lipinski definition) is 0. The highest BCUT2D eigenvalue weighted by Gasteiger charge is 2.11. The molecule has 0 aliphatic heterocycles. The monoisotopic (exact) mass is 428 g/mol. The van der Waals surface area contributed by atoms with Crippen LogP contribution in [0.4, 0.5) is 5.69 Å². The predicted octanol–water partition coefficient (Wildman–Crippen LogP) is 6.19. The summed E-state index contributed by atoms with van der Waals surface area (Å²) in [4.78, 5) is 11.4. The summed E-state index contributed by atoms with van der Waals surface area (Å²) in [6.07, 6.45) is 0.646. The van der Waals surface area contributed by atoms with Gasteiger partial charge >= 0.3 is 0 Å². The van der Waals surface area contributed by atoms with Crippen LogP contribution in [0.5, 0.6) is 10.9 Å². The third-order valence-electron chi connectivity index (χ3n) is 4.72. The molecule has 0 aliphatic carbocycles. The van der Waals surface area contributed by atoms with Gasteiger partial charge in [-0.25, -0.2) is 4.99 Å². The summed E-state index contributed by atoms with van der Waals surface area (Å²) in [5.41, 5.74) is 4.13. The number of benzene rings is 2. The average Bonchev–Trinajstić information content (AvgIpc) is 3.13. The van der Waals surface area contributed by atoms with Crippen molar-refractivity contribution < 1.29 is 4.74 Å². The lowest BCUT2D eigenvalue weighted by Crippen LogP contribution is -2.23. The first-order chi connectivity index (χ1) is 13.9. The fourth-order valence-corrected chi connectivity index (χ4v) is 3.41. The van der Waals surface area contributed by atoms with Crippen molar-refractivity contribution >= 4 is 34.7 Å². The Bertz CT molecular complexity index is 1010. The lowest BCUT2D eigenvalue weighted by Gasteiger charge is -2.16. The summed E-state index contributed by atoms with van der Waals surface area (Å²) in [5, 5.41) is 1.26. The van der Waals surface area contributed by atoms with E-state index in [0.717, 1.165) is 51.4 Å². The van der Waals surface area contributed by atoms with Crippen molar-refractivity contribution in [2.75, 3.05) is 13.6 Å². The van der Waals surface area contributed by atoms with Crippen LogP contribution in [0.25, 0.3) is 0 Å². The van der Waals surface area contributed by atoms with Crippen LogP contribution in [0.1, 0.15) is 36.4 Å². The van der Waals surface area contributed by atoms with Gasteiger partial charge in [0, 0.05) is 36.6 Å². The second-order valence-electron chi connectivity index (χ2n) is 6.96. The molecule has 5 nitrogen and oxygen atoms in total. The molecular formula is C22H25ClN4OS. The summed E-state index contributed by atoms with van der Waals surface area (Å²) in [7, 11) is 2.04. The molecule has 0 fully saturated rings. The van der Waals surface area contributed by atoms with Gasteiger partial charge in [0.25, 0.3) is 5.19 Å². The van der Waals surface area contributed by atoms with Gasteiger partial charge in [-0.3, -0.25) is 0 Å². The van der Waals surface area contributed by atoms with Gasteiger partial charge in [-0.05, 0) is 68.7 Å². The molecule has 0 N–H and O–H groups in total. The molecule has 0 amide bonds. The van der Waals surface area contributed by atoms with Crippen molar-refractivity contribution in [3.63, 3.8) is 0 Å². The fraction of sp³-hybridized carbons (Fsp3) is 0.318. The van der Waals surface area contributed by atoms with Crippen molar-refractivity contribution in [2.45, 2.75) is 34.1 Å². The molecule has 0 radical (unpaired) electrons. The lowest BCUT2D eigenvalue weighted by molar-refractivity contribution is 0.473. The van der Waals surface area contributed by atoms with Gasteiger partial charge in [0.1, 0.15) is 11.6 Å². The Labute approximate surface area is 181 Å². The summed E-state index contributed by atoms with van der Waals surface area (Å²) in [5.74, 6) is 2.50. The number of aliphatic imine (C=N–C) groups is 1. The van der Waals surface area contributed by atoms with Gasteiger partial charge in [0.2, 0.25) is 0 Å². The van der Waals surface area contributed by atoms with E-state index in [1.807, 2.05) is 64.2 Å². The van der Waals surface area contributed by atoms with E-state index in [1.165, 1.54) is 11.5 Å². The van der Waals surface area contributed by atoms with Gasteiger partial charge < -0.3 is 9.64 Å². The number of amidine groups is 1. The SMILES string of the molecule is CCN(C)C(C)=Nc1cc(C)c(Oc2nc(Cc3ccc(Cl)cc3)ns2)cc1C. The van der Waals surface area contributed by atoms with Gasteiger partial charge in [-0.2, -0.15) is 9.36 Å². The highest BCUT2D eigenvalue weighted by Crippen LogP contribution is 2.32. The Morgan fingerprint density at radius 1 is 1.17 bits per heavy atom. The molecule has 7 heteroatoms. The van der Waals surface area contributed by atoms with E-state index in [9.17, 15) is 0 Å². The first-order valence-corrected chi connectivity index (χ1v) is 10.6. The number of nitrogens with zero attached hydrogens (tertiary/aromatic N) is 4. The zero-order chi connectivity index (χ0) is 21.0. The topological polar surface area (TPSA) is 50.6 Å². The predicted molar refractivity (Wildman–Crippen MR) is 121 cm³/mol. The van der Waals surface area contributed by atoms with E-state index in [1.54, 1.807) is 0 Å².